The number of carbonyl (C=O) groups is 1. The molecule has 3 N–H and O–H groups in total. The maximum Gasteiger partial charge on any atom is 0.307 e. The number of rotatable bonds is 6. The molecule has 0 saturated carbocycles. The molecule has 7 heteroatoms. The number of hydrogen-bond acceptors (Lipinski definition) is 4. The summed E-state index contributed by atoms with van der Waals surface area (Å²) in [5.74, 6) is -0.650. The van der Waals surface area contributed by atoms with Gasteiger partial charge in [0.2, 0.25) is 5.95 Å². The fourth-order valence-electron chi connectivity index (χ4n) is 2.66. The first-order valence-corrected chi connectivity index (χ1v) is 8.17. The van der Waals surface area contributed by atoms with Crippen LogP contribution in [0.15, 0.2) is 59.4 Å². The lowest BCUT2D eigenvalue weighted by Gasteiger charge is -2.10. The standard InChI is InChI=1S/C20H16N4O3/c1-21-18-17(15-8-3-2-4-9-15)23-20(24-19(18)27)22-12-14-7-5-6-13(10-14)11-16(25)26/h2-10H,11-12H2,(H,25,26)(H2,22,23,24,27). The summed E-state index contributed by atoms with van der Waals surface area (Å²) in [5, 5.41) is 11.9. The second-order valence-electron chi connectivity index (χ2n) is 5.83. The van der Waals surface area contributed by atoms with Crippen LogP contribution in [0.4, 0.5) is 11.6 Å². The van der Waals surface area contributed by atoms with Crippen LogP contribution in [0.2, 0.25) is 0 Å². The summed E-state index contributed by atoms with van der Waals surface area (Å²) in [6, 6.07) is 16.2. The summed E-state index contributed by atoms with van der Waals surface area (Å²) in [6.07, 6.45) is -0.0548. The first-order valence-electron chi connectivity index (χ1n) is 8.17. The Hall–Kier alpha value is -3.92. The van der Waals surface area contributed by atoms with Crippen LogP contribution >= 0.6 is 0 Å². The molecular formula is C20H16N4O3. The number of anilines is 1. The van der Waals surface area contributed by atoms with E-state index in [1.807, 2.05) is 24.3 Å². The quantitative estimate of drug-likeness (QED) is 0.586. The van der Waals surface area contributed by atoms with Gasteiger partial charge in [-0.15, -0.1) is 0 Å². The highest BCUT2D eigenvalue weighted by atomic mass is 16.4. The molecule has 0 atom stereocenters. The van der Waals surface area contributed by atoms with Gasteiger partial charge in [0.15, 0.2) is 0 Å². The third-order valence-electron chi connectivity index (χ3n) is 3.86. The van der Waals surface area contributed by atoms with Crippen molar-refractivity contribution in [2.45, 2.75) is 13.0 Å². The maximum absolute atomic E-state index is 12.2. The molecule has 134 valence electrons. The van der Waals surface area contributed by atoms with Gasteiger partial charge in [0.1, 0.15) is 0 Å². The highest BCUT2D eigenvalue weighted by Crippen LogP contribution is 2.25. The Morgan fingerprint density at radius 2 is 1.89 bits per heavy atom. The summed E-state index contributed by atoms with van der Waals surface area (Å²) < 4.78 is 0. The van der Waals surface area contributed by atoms with Gasteiger partial charge in [0, 0.05) is 6.54 Å². The lowest BCUT2D eigenvalue weighted by atomic mass is 10.1. The zero-order valence-electron chi connectivity index (χ0n) is 14.3. The Morgan fingerprint density at radius 1 is 1.15 bits per heavy atom. The molecular weight excluding hydrogens is 344 g/mol. The van der Waals surface area contributed by atoms with Crippen molar-refractivity contribution in [1.29, 1.82) is 0 Å². The van der Waals surface area contributed by atoms with E-state index in [2.05, 4.69) is 20.1 Å². The van der Waals surface area contributed by atoms with Crippen molar-refractivity contribution in [3.8, 4) is 11.3 Å². The molecule has 0 amide bonds. The average Bonchev–Trinajstić information content (AvgIpc) is 2.66. The fourth-order valence-corrected chi connectivity index (χ4v) is 2.66. The smallest absolute Gasteiger partial charge is 0.307 e. The van der Waals surface area contributed by atoms with Gasteiger partial charge in [-0.05, 0) is 16.7 Å². The first kappa shape index (κ1) is 17.9. The zero-order valence-corrected chi connectivity index (χ0v) is 14.3. The van der Waals surface area contributed by atoms with Crippen LogP contribution in [0.3, 0.4) is 0 Å². The van der Waals surface area contributed by atoms with Gasteiger partial charge < -0.3 is 15.4 Å². The monoisotopic (exact) mass is 360 g/mol. The molecule has 0 bridgehead atoms. The third kappa shape index (κ3) is 4.38. The topological polar surface area (TPSA) is 99.4 Å². The van der Waals surface area contributed by atoms with Crippen LogP contribution in [0.25, 0.3) is 16.1 Å². The lowest BCUT2D eigenvalue weighted by molar-refractivity contribution is -0.136. The number of carboxylic acids is 1. The van der Waals surface area contributed by atoms with Crippen molar-refractivity contribution in [3.05, 3.63) is 87.5 Å². The Labute approximate surface area is 155 Å². The number of nitrogens with one attached hydrogen (secondary N) is 2. The Morgan fingerprint density at radius 3 is 2.59 bits per heavy atom. The molecule has 1 aromatic heterocycles. The summed E-state index contributed by atoms with van der Waals surface area (Å²) >= 11 is 0. The summed E-state index contributed by atoms with van der Waals surface area (Å²) in [6.45, 7) is 7.61. The molecule has 0 spiro atoms. The van der Waals surface area contributed by atoms with E-state index >= 15 is 0 Å². The Balaban J connectivity index is 1.86. The number of hydrogen-bond donors (Lipinski definition) is 3. The first-order chi connectivity index (χ1) is 13.1. The van der Waals surface area contributed by atoms with Crippen LogP contribution in [-0.4, -0.2) is 21.0 Å². The second-order valence-corrected chi connectivity index (χ2v) is 5.83. The van der Waals surface area contributed by atoms with Crippen molar-refractivity contribution in [3.63, 3.8) is 0 Å². The minimum Gasteiger partial charge on any atom is -0.481 e. The van der Waals surface area contributed by atoms with E-state index in [1.165, 1.54) is 0 Å². The molecule has 0 aliphatic rings. The molecule has 0 aliphatic carbocycles. The molecule has 3 rings (SSSR count). The molecule has 1 heterocycles. The van der Waals surface area contributed by atoms with E-state index in [4.69, 9.17) is 11.7 Å². The lowest BCUT2D eigenvalue weighted by Crippen LogP contribution is -2.13. The number of H-pyrrole nitrogens is 1. The van der Waals surface area contributed by atoms with E-state index in [0.29, 0.717) is 23.4 Å². The summed E-state index contributed by atoms with van der Waals surface area (Å²) in [4.78, 5) is 33.3. The number of benzene rings is 2. The number of nitrogens with zero attached hydrogens (tertiary/aromatic N) is 2. The third-order valence-corrected chi connectivity index (χ3v) is 3.86. The second kappa shape index (κ2) is 7.97. The van der Waals surface area contributed by atoms with Gasteiger partial charge in [-0.1, -0.05) is 54.6 Å². The molecule has 0 radical (unpaired) electrons. The molecule has 7 nitrogen and oxygen atoms in total. The summed E-state index contributed by atoms with van der Waals surface area (Å²) in [7, 11) is 0. The maximum atomic E-state index is 12.2. The van der Waals surface area contributed by atoms with Crippen LogP contribution in [-0.2, 0) is 17.8 Å². The molecule has 0 aliphatic heterocycles. The SMILES string of the molecule is [C-]#[N+]c1c(-c2ccccc2)nc(NCc2cccc(CC(=O)O)c2)[nH]c1=O. The van der Waals surface area contributed by atoms with E-state index in [-0.39, 0.29) is 18.1 Å². The van der Waals surface area contributed by atoms with Crippen LogP contribution in [0.1, 0.15) is 11.1 Å². The van der Waals surface area contributed by atoms with Crippen molar-refractivity contribution < 1.29 is 9.90 Å². The highest BCUT2D eigenvalue weighted by Gasteiger charge is 2.13. The number of aliphatic carboxylic acids is 1. The minimum absolute atomic E-state index is 0.0548. The Bertz CT molecular complexity index is 1070. The predicted molar refractivity (Wildman–Crippen MR) is 102 cm³/mol. The number of carboxylic acid groups (broad SMARTS) is 1. The molecule has 2 aromatic carbocycles. The zero-order chi connectivity index (χ0) is 19.2. The molecule has 0 unspecified atom stereocenters. The largest absolute Gasteiger partial charge is 0.481 e. The van der Waals surface area contributed by atoms with Gasteiger partial charge in [-0.2, -0.15) is 0 Å². The fraction of sp³-hybridized carbons (Fsp3) is 0.100. The van der Waals surface area contributed by atoms with E-state index in [9.17, 15) is 9.59 Å². The summed E-state index contributed by atoms with van der Waals surface area (Å²) in [5.41, 5.74) is 1.97. The van der Waals surface area contributed by atoms with E-state index < -0.39 is 11.5 Å². The minimum atomic E-state index is -0.895. The molecule has 3 aromatic rings. The Kier molecular flexibility index (Phi) is 5.28. The van der Waals surface area contributed by atoms with Gasteiger partial charge in [-0.25, -0.2) is 9.83 Å². The average molecular weight is 360 g/mol. The normalized spacial score (nSPS) is 10.2. The van der Waals surface area contributed by atoms with Gasteiger partial charge in [0.25, 0.3) is 11.2 Å². The van der Waals surface area contributed by atoms with Crippen molar-refractivity contribution in [1.82, 2.24) is 9.97 Å². The molecule has 27 heavy (non-hydrogen) atoms. The van der Waals surface area contributed by atoms with Crippen LogP contribution in [0, 0.1) is 6.57 Å². The van der Waals surface area contributed by atoms with Crippen LogP contribution < -0.4 is 10.9 Å². The van der Waals surface area contributed by atoms with E-state index in [1.54, 1.807) is 30.3 Å². The molecule has 0 saturated heterocycles. The molecule has 0 fully saturated rings. The van der Waals surface area contributed by atoms with Gasteiger partial charge >= 0.3 is 5.97 Å². The van der Waals surface area contributed by atoms with Crippen molar-refractivity contribution in [2.24, 2.45) is 0 Å². The van der Waals surface area contributed by atoms with Crippen LogP contribution in [0.5, 0.6) is 0 Å². The predicted octanol–water partition coefficient (Wildman–Crippen LogP) is 3.23. The van der Waals surface area contributed by atoms with Crippen molar-refractivity contribution >= 4 is 17.6 Å². The van der Waals surface area contributed by atoms with Gasteiger partial charge in [-0.3, -0.25) is 9.59 Å². The number of aromatic amines is 1. The number of aromatic nitrogens is 2. The van der Waals surface area contributed by atoms with Gasteiger partial charge in [0.05, 0.1) is 18.7 Å². The van der Waals surface area contributed by atoms with E-state index in [0.717, 1.165) is 5.56 Å². The van der Waals surface area contributed by atoms with Crippen molar-refractivity contribution in [2.75, 3.05) is 5.32 Å². The highest BCUT2D eigenvalue weighted by molar-refractivity contribution is 5.75.